The lowest BCUT2D eigenvalue weighted by atomic mass is 9.90. The van der Waals surface area contributed by atoms with E-state index in [1.54, 1.807) is 0 Å². The Morgan fingerprint density at radius 1 is 1.10 bits per heavy atom. The number of hydrogen-bond acceptors (Lipinski definition) is 3. The molecule has 0 radical (unpaired) electrons. The lowest BCUT2D eigenvalue weighted by Gasteiger charge is -2.24. The molecular weight excluding hydrogens is 258 g/mol. The fourth-order valence-corrected chi connectivity index (χ4v) is 2.96. The molecule has 0 aliphatic carbocycles. The van der Waals surface area contributed by atoms with Gasteiger partial charge in [0.05, 0.1) is 6.04 Å². The van der Waals surface area contributed by atoms with Gasteiger partial charge in [-0.2, -0.15) is 0 Å². The summed E-state index contributed by atoms with van der Waals surface area (Å²) in [5, 5.41) is 0. The Morgan fingerprint density at radius 3 is 2.62 bits per heavy atom. The third kappa shape index (κ3) is 2.83. The molecule has 3 heteroatoms. The molecule has 1 atom stereocenters. The number of aliphatic imine (C=N–C) groups is 1. The molecule has 1 unspecified atom stereocenters. The Labute approximate surface area is 126 Å². The molecular formula is C18H21N3. The number of nitrogens with zero attached hydrogens (tertiary/aromatic N) is 2. The van der Waals surface area contributed by atoms with Crippen molar-refractivity contribution < 1.29 is 0 Å². The molecule has 2 aromatic rings. The van der Waals surface area contributed by atoms with Crippen LogP contribution in [0.5, 0.6) is 0 Å². The lowest BCUT2D eigenvalue weighted by Crippen LogP contribution is -2.23. The molecule has 0 saturated heterocycles. The molecule has 2 aromatic carbocycles. The molecule has 0 fully saturated rings. The molecule has 3 nitrogen and oxygen atoms in total. The molecule has 108 valence electrons. The minimum atomic E-state index is 0.121. The largest absolute Gasteiger partial charge is 0.383 e. The van der Waals surface area contributed by atoms with Gasteiger partial charge in [-0.05, 0) is 37.2 Å². The third-order valence-electron chi connectivity index (χ3n) is 3.90. The summed E-state index contributed by atoms with van der Waals surface area (Å²) in [6.07, 6.45) is 0.918. The molecule has 0 bridgehead atoms. The van der Waals surface area contributed by atoms with Crippen LogP contribution in [-0.2, 0) is 13.0 Å². The van der Waals surface area contributed by atoms with E-state index in [1.165, 1.54) is 16.7 Å². The molecule has 0 saturated carbocycles. The van der Waals surface area contributed by atoms with Crippen molar-refractivity contribution in [3.8, 4) is 0 Å². The van der Waals surface area contributed by atoms with Crippen LogP contribution in [-0.4, -0.2) is 24.8 Å². The zero-order valence-corrected chi connectivity index (χ0v) is 12.6. The Hall–Kier alpha value is -2.13. The summed E-state index contributed by atoms with van der Waals surface area (Å²) in [7, 11) is 4.18. The van der Waals surface area contributed by atoms with E-state index < -0.39 is 0 Å². The topological polar surface area (TPSA) is 41.6 Å². The maximum atomic E-state index is 6.16. The number of benzene rings is 2. The van der Waals surface area contributed by atoms with Crippen LogP contribution in [0.15, 0.2) is 53.5 Å². The zero-order chi connectivity index (χ0) is 14.8. The number of nitrogens with two attached hydrogens (primary N) is 1. The third-order valence-corrected chi connectivity index (χ3v) is 3.90. The molecule has 0 amide bonds. The fraction of sp³-hybridized carbons (Fsp3) is 0.278. The van der Waals surface area contributed by atoms with Gasteiger partial charge in [-0.3, -0.25) is 4.99 Å². The van der Waals surface area contributed by atoms with Gasteiger partial charge in [-0.25, -0.2) is 0 Å². The smallest absolute Gasteiger partial charge is 0.126 e. The van der Waals surface area contributed by atoms with Gasteiger partial charge in [0, 0.05) is 12.1 Å². The van der Waals surface area contributed by atoms with Crippen LogP contribution >= 0.6 is 0 Å². The molecule has 21 heavy (non-hydrogen) atoms. The summed E-state index contributed by atoms with van der Waals surface area (Å²) >= 11 is 0. The molecule has 3 rings (SSSR count). The minimum Gasteiger partial charge on any atom is -0.383 e. The van der Waals surface area contributed by atoms with Gasteiger partial charge >= 0.3 is 0 Å². The van der Waals surface area contributed by atoms with Gasteiger partial charge in [0.25, 0.3) is 0 Å². The highest BCUT2D eigenvalue weighted by Gasteiger charge is 2.22. The number of amidine groups is 1. The molecule has 0 aromatic heterocycles. The number of hydrogen-bond donors (Lipinski definition) is 1. The van der Waals surface area contributed by atoms with Crippen LogP contribution in [0, 0.1) is 0 Å². The summed E-state index contributed by atoms with van der Waals surface area (Å²) in [5.74, 6) is 0.654. The van der Waals surface area contributed by atoms with Crippen molar-refractivity contribution >= 4 is 5.84 Å². The fourth-order valence-electron chi connectivity index (χ4n) is 2.96. The van der Waals surface area contributed by atoms with Crippen molar-refractivity contribution in [1.29, 1.82) is 0 Å². The van der Waals surface area contributed by atoms with Crippen LogP contribution in [0.4, 0.5) is 0 Å². The van der Waals surface area contributed by atoms with Crippen LogP contribution < -0.4 is 5.73 Å². The van der Waals surface area contributed by atoms with E-state index >= 15 is 0 Å². The summed E-state index contributed by atoms with van der Waals surface area (Å²) in [4.78, 5) is 6.92. The summed E-state index contributed by atoms with van der Waals surface area (Å²) in [6.45, 7) is 0.920. The van der Waals surface area contributed by atoms with E-state index in [1.807, 2.05) is 6.07 Å². The van der Waals surface area contributed by atoms with Crippen molar-refractivity contribution in [2.75, 3.05) is 14.1 Å². The van der Waals surface area contributed by atoms with Crippen molar-refractivity contribution in [1.82, 2.24) is 4.90 Å². The zero-order valence-electron chi connectivity index (χ0n) is 12.6. The highest BCUT2D eigenvalue weighted by Crippen LogP contribution is 2.31. The average molecular weight is 279 g/mol. The lowest BCUT2D eigenvalue weighted by molar-refractivity contribution is 0.399. The van der Waals surface area contributed by atoms with E-state index in [4.69, 9.17) is 10.7 Å². The minimum absolute atomic E-state index is 0.121. The first-order valence-electron chi connectivity index (χ1n) is 7.29. The maximum absolute atomic E-state index is 6.16. The molecule has 1 aliphatic heterocycles. The Balaban J connectivity index is 1.98. The number of rotatable bonds is 3. The Bertz CT molecular complexity index is 674. The second-order valence-corrected chi connectivity index (χ2v) is 5.83. The van der Waals surface area contributed by atoms with Gasteiger partial charge in [-0.1, -0.05) is 48.5 Å². The number of fused-ring (bicyclic) bond motifs is 1. The second kappa shape index (κ2) is 5.70. The monoisotopic (exact) mass is 279 g/mol. The van der Waals surface area contributed by atoms with Crippen molar-refractivity contribution in [3.05, 3.63) is 70.8 Å². The normalized spacial score (nSPS) is 17.5. The van der Waals surface area contributed by atoms with E-state index in [-0.39, 0.29) is 6.04 Å². The first-order valence-corrected chi connectivity index (χ1v) is 7.29. The van der Waals surface area contributed by atoms with Crippen molar-refractivity contribution in [2.45, 2.75) is 19.0 Å². The highest BCUT2D eigenvalue weighted by atomic mass is 15.0. The SMILES string of the molecule is CN(C)Cc1ccccc1C1Cc2ccccc2C(N)=N1. The molecule has 1 aliphatic rings. The first-order chi connectivity index (χ1) is 10.1. The molecule has 2 N–H and O–H groups in total. The van der Waals surface area contributed by atoms with Gasteiger partial charge in [0.1, 0.15) is 5.84 Å². The Kier molecular flexibility index (Phi) is 3.76. The molecule has 1 heterocycles. The summed E-state index contributed by atoms with van der Waals surface area (Å²) in [6, 6.07) is 16.9. The van der Waals surface area contributed by atoms with E-state index in [2.05, 4.69) is 61.5 Å². The quantitative estimate of drug-likeness (QED) is 0.938. The van der Waals surface area contributed by atoms with Crippen LogP contribution in [0.1, 0.15) is 28.3 Å². The van der Waals surface area contributed by atoms with Gasteiger partial charge in [-0.15, -0.1) is 0 Å². The van der Waals surface area contributed by atoms with Crippen molar-refractivity contribution in [3.63, 3.8) is 0 Å². The van der Waals surface area contributed by atoms with Gasteiger partial charge < -0.3 is 10.6 Å². The highest BCUT2D eigenvalue weighted by molar-refractivity contribution is 5.99. The van der Waals surface area contributed by atoms with E-state index in [9.17, 15) is 0 Å². The maximum Gasteiger partial charge on any atom is 0.126 e. The molecule has 0 spiro atoms. The van der Waals surface area contributed by atoms with Crippen LogP contribution in [0.25, 0.3) is 0 Å². The van der Waals surface area contributed by atoms with Crippen molar-refractivity contribution in [2.24, 2.45) is 10.7 Å². The van der Waals surface area contributed by atoms with Crippen LogP contribution in [0.2, 0.25) is 0 Å². The summed E-state index contributed by atoms with van der Waals surface area (Å²) < 4.78 is 0. The Morgan fingerprint density at radius 2 is 1.81 bits per heavy atom. The van der Waals surface area contributed by atoms with Crippen LogP contribution in [0.3, 0.4) is 0 Å². The first kappa shape index (κ1) is 13.8. The summed E-state index contributed by atoms with van der Waals surface area (Å²) in [5.41, 5.74) is 11.1. The van der Waals surface area contributed by atoms with Gasteiger partial charge in [0.2, 0.25) is 0 Å². The van der Waals surface area contributed by atoms with E-state index in [0.29, 0.717) is 5.84 Å². The van der Waals surface area contributed by atoms with E-state index in [0.717, 1.165) is 18.5 Å². The second-order valence-electron chi connectivity index (χ2n) is 5.83. The average Bonchev–Trinajstić information content (AvgIpc) is 2.47. The van der Waals surface area contributed by atoms with Gasteiger partial charge in [0.15, 0.2) is 0 Å². The predicted octanol–water partition coefficient (Wildman–Crippen LogP) is 2.75. The predicted molar refractivity (Wildman–Crippen MR) is 87.4 cm³/mol. The standard InChI is InChI=1S/C18H21N3/c1-21(2)12-14-8-4-5-9-15(14)17-11-13-7-3-6-10-16(13)18(19)20-17/h3-10,17H,11-12H2,1-2H3,(H2,19,20).